The van der Waals surface area contributed by atoms with E-state index < -0.39 is 17.4 Å². The van der Waals surface area contributed by atoms with E-state index in [0.29, 0.717) is 12.2 Å². The predicted molar refractivity (Wildman–Crippen MR) is 73.9 cm³/mol. The fourth-order valence-electron chi connectivity index (χ4n) is 1.85. The summed E-state index contributed by atoms with van der Waals surface area (Å²) in [6.45, 7) is 5.35. The van der Waals surface area contributed by atoms with Crippen LogP contribution in [-0.2, 0) is 4.79 Å². The van der Waals surface area contributed by atoms with Crippen molar-refractivity contribution in [3.8, 4) is 0 Å². The molecule has 0 saturated carbocycles. The van der Waals surface area contributed by atoms with Gasteiger partial charge in [-0.2, -0.15) is 4.98 Å². The third kappa shape index (κ3) is 3.53. The molecule has 0 saturated heterocycles. The van der Waals surface area contributed by atoms with Crippen LogP contribution < -0.4 is 5.32 Å². The molecular formula is C13H17N5O3. The molecule has 0 aliphatic rings. The zero-order chi connectivity index (χ0) is 15.6. The molecule has 0 spiro atoms. The lowest BCUT2D eigenvalue weighted by Crippen LogP contribution is -2.44. The first-order chi connectivity index (χ1) is 9.78. The zero-order valence-electron chi connectivity index (χ0n) is 12.1. The fraction of sp³-hybridized carbons (Fsp3) is 0.462. The molecule has 0 fully saturated rings. The van der Waals surface area contributed by atoms with Gasteiger partial charge in [-0.1, -0.05) is 0 Å². The van der Waals surface area contributed by atoms with Crippen molar-refractivity contribution in [2.45, 2.75) is 39.2 Å². The van der Waals surface area contributed by atoms with Crippen molar-refractivity contribution in [1.82, 2.24) is 24.9 Å². The molecule has 0 atom stereocenters. The molecule has 1 amide bonds. The molecule has 2 heterocycles. The summed E-state index contributed by atoms with van der Waals surface area (Å²) in [6.07, 6.45) is 1.89. The number of aromatic nitrogens is 4. The first-order valence-electron chi connectivity index (χ1n) is 6.51. The fourth-order valence-corrected chi connectivity index (χ4v) is 1.85. The Labute approximate surface area is 121 Å². The van der Waals surface area contributed by atoms with Crippen LogP contribution in [0.15, 0.2) is 12.3 Å². The SMILES string of the molecule is Cc1ccnc2nc(C(=O)NC(C)(C)CCC(=O)O)nn12. The molecule has 2 rings (SSSR count). The minimum Gasteiger partial charge on any atom is -0.481 e. The average molecular weight is 291 g/mol. The zero-order valence-corrected chi connectivity index (χ0v) is 12.1. The number of fused-ring (bicyclic) bond motifs is 1. The summed E-state index contributed by atoms with van der Waals surface area (Å²) in [6, 6.07) is 1.76. The summed E-state index contributed by atoms with van der Waals surface area (Å²) < 4.78 is 1.49. The quantitative estimate of drug-likeness (QED) is 0.843. The van der Waals surface area contributed by atoms with Crippen LogP contribution >= 0.6 is 0 Å². The minimum absolute atomic E-state index is 0.0141. The lowest BCUT2D eigenvalue weighted by Gasteiger charge is -2.24. The number of aliphatic carboxylic acids is 1. The Kier molecular flexibility index (Phi) is 3.88. The van der Waals surface area contributed by atoms with Crippen molar-refractivity contribution >= 4 is 17.7 Å². The van der Waals surface area contributed by atoms with E-state index in [1.807, 2.05) is 6.92 Å². The minimum atomic E-state index is -0.900. The molecule has 8 nitrogen and oxygen atoms in total. The number of rotatable bonds is 5. The maximum Gasteiger partial charge on any atom is 0.303 e. The van der Waals surface area contributed by atoms with Gasteiger partial charge in [-0.05, 0) is 33.3 Å². The number of carboxylic acid groups (broad SMARTS) is 1. The molecule has 0 aliphatic heterocycles. The summed E-state index contributed by atoms with van der Waals surface area (Å²) in [5, 5.41) is 15.6. The van der Waals surface area contributed by atoms with Crippen molar-refractivity contribution in [3.05, 3.63) is 23.8 Å². The van der Waals surface area contributed by atoms with E-state index in [4.69, 9.17) is 5.11 Å². The summed E-state index contributed by atoms with van der Waals surface area (Å²) in [5.41, 5.74) is 0.159. The first-order valence-corrected chi connectivity index (χ1v) is 6.51. The molecule has 2 N–H and O–H groups in total. The molecule has 0 bridgehead atoms. The Bertz CT molecular complexity index is 692. The second kappa shape index (κ2) is 5.47. The molecule has 112 valence electrons. The van der Waals surface area contributed by atoms with E-state index in [9.17, 15) is 9.59 Å². The monoisotopic (exact) mass is 291 g/mol. The number of amides is 1. The van der Waals surface area contributed by atoms with Crippen molar-refractivity contribution in [3.63, 3.8) is 0 Å². The molecule has 0 unspecified atom stereocenters. The van der Waals surface area contributed by atoms with Crippen LogP contribution in [0.25, 0.3) is 5.78 Å². The summed E-state index contributed by atoms with van der Waals surface area (Å²) in [4.78, 5) is 30.9. The van der Waals surface area contributed by atoms with Gasteiger partial charge >= 0.3 is 5.97 Å². The van der Waals surface area contributed by atoms with Gasteiger partial charge in [0.1, 0.15) is 0 Å². The van der Waals surface area contributed by atoms with E-state index in [-0.39, 0.29) is 12.2 Å². The number of nitrogens with zero attached hydrogens (tertiary/aromatic N) is 4. The van der Waals surface area contributed by atoms with Gasteiger partial charge in [0.25, 0.3) is 11.7 Å². The Hall–Kier alpha value is -2.51. The molecule has 0 radical (unpaired) electrons. The molecule has 0 aromatic carbocycles. The number of carbonyl (C=O) groups is 2. The second-order valence-electron chi connectivity index (χ2n) is 5.47. The second-order valence-corrected chi connectivity index (χ2v) is 5.47. The van der Waals surface area contributed by atoms with Gasteiger partial charge in [-0.25, -0.2) is 9.50 Å². The Morgan fingerprint density at radius 3 is 2.76 bits per heavy atom. The number of carbonyl (C=O) groups excluding carboxylic acids is 1. The summed E-state index contributed by atoms with van der Waals surface area (Å²) >= 11 is 0. The van der Waals surface area contributed by atoms with E-state index in [1.165, 1.54) is 4.52 Å². The van der Waals surface area contributed by atoms with Gasteiger partial charge in [0.05, 0.1) is 0 Å². The average Bonchev–Trinajstić information content (AvgIpc) is 2.82. The van der Waals surface area contributed by atoms with Crippen molar-refractivity contribution in [2.75, 3.05) is 0 Å². The van der Waals surface area contributed by atoms with Crippen molar-refractivity contribution in [2.24, 2.45) is 0 Å². The van der Waals surface area contributed by atoms with Gasteiger partial charge in [0.15, 0.2) is 0 Å². The maximum absolute atomic E-state index is 12.2. The third-order valence-corrected chi connectivity index (χ3v) is 3.05. The van der Waals surface area contributed by atoms with E-state index in [0.717, 1.165) is 5.69 Å². The van der Waals surface area contributed by atoms with Crippen LogP contribution in [0.1, 0.15) is 43.0 Å². The Balaban J connectivity index is 2.15. The van der Waals surface area contributed by atoms with E-state index >= 15 is 0 Å². The van der Waals surface area contributed by atoms with E-state index in [1.54, 1.807) is 26.1 Å². The van der Waals surface area contributed by atoms with Crippen LogP contribution in [0.3, 0.4) is 0 Å². The van der Waals surface area contributed by atoms with Gasteiger partial charge < -0.3 is 10.4 Å². The summed E-state index contributed by atoms with van der Waals surface area (Å²) in [5.74, 6) is -0.984. The van der Waals surface area contributed by atoms with Gasteiger partial charge in [-0.3, -0.25) is 9.59 Å². The summed E-state index contributed by atoms with van der Waals surface area (Å²) in [7, 11) is 0. The van der Waals surface area contributed by atoms with Crippen LogP contribution in [0.2, 0.25) is 0 Å². The first kappa shape index (κ1) is 14.9. The lowest BCUT2D eigenvalue weighted by molar-refractivity contribution is -0.137. The van der Waals surface area contributed by atoms with Crippen molar-refractivity contribution in [1.29, 1.82) is 0 Å². The highest BCUT2D eigenvalue weighted by Gasteiger charge is 2.24. The van der Waals surface area contributed by atoms with Crippen LogP contribution in [0.5, 0.6) is 0 Å². The van der Waals surface area contributed by atoms with Gasteiger partial charge in [-0.15, -0.1) is 5.10 Å². The predicted octanol–water partition coefficient (Wildman–Crippen LogP) is 0.806. The third-order valence-electron chi connectivity index (χ3n) is 3.05. The highest BCUT2D eigenvalue weighted by atomic mass is 16.4. The number of carboxylic acids is 1. The largest absolute Gasteiger partial charge is 0.481 e. The molecule has 0 aliphatic carbocycles. The highest BCUT2D eigenvalue weighted by molar-refractivity contribution is 5.91. The van der Waals surface area contributed by atoms with Crippen molar-refractivity contribution < 1.29 is 14.7 Å². The highest BCUT2D eigenvalue weighted by Crippen LogP contribution is 2.12. The van der Waals surface area contributed by atoms with Gasteiger partial charge in [0, 0.05) is 23.9 Å². The maximum atomic E-state index is 12.2. The van der Waals surface area contributed by atoms with Crippen LogP contribution in [-0.4, -0.2) is 42.1 Å². The number of aryl methyl sites for hydroxylation is 1. The standard InChI is InChI=1S/C13H17N5O3/c1-8-5-7-14-12-15-10(17-18(8)12)11(21)16-13(2,3)6-4-9(19)20/h5,7H,4,6H2,1-3H3,(H,16,21)(H,19,20). The van der Waals surface area contributed by atoms with Crippen LogP contribution in [0.4, 0.5) is 0 Å². The topological polar surface area (TPSA) is 109 Å². The number of hydrogen-bond acceptors (Lipinski definition) is 5. The number of nitrogens with one attached hydrogen (secondary N) is 1. The normalized spacial score (nSPS) is 11.6. The molecule has 21 heavy (non-hydrogen) atoms. The molecule has 8 heteroatoms. The van der Waals surface area contributed by atoms with Crippen LogP contribution in [0, 0.1) is 6.92 Å². The van der Waals surface area contributed by atoms with Gasteiger partial charge in [0.2, 0.25) is 5.82 Å². The Morgan fingerprint density at radius 1 is 1.43 bits per heavy atom. The lowest BCUT2D eigenvalue weighted by atomic mass is 9.98. The molecular weight excluding hydrogens is 274 g/mol. The molecule has 2 aromatic rings. The van der Waals surface area contributed by atoms with E-state index in [2.05, 4.69) is 20.4 Å². The molecule has 2 aromatic heterocycles. The number of hydrogen-bond donors (Lipinski definition) is 2. The Morgan fingerprint density at radius 2 is 2.14 bits per heavy atom. The smallest absolute Gasteiger partial charge is 0.303 e.